The molecule has 3 N–H and O–H groups in total. The van der Waals surface area contributed by atoms with Crippen molar-refractivity contribution in [3.05, 3.63) is 0 Å². The van der Waals surface area contributed by atoms with Gasteiger partial charge >= 0.3 is 0 Å². The Kier molecular flexibility index (Phi) is 6.07. The summed E-state index contributed by atoms with van der Waals surface area (Å²) >= 11 is 0. The van der Waals surface area contributed by atoms with Gasteiger partial charge in [-0.15, -0.1) is 0 Å². The molecule has 0 aromatic carbocycles. The minimum absolute atomic E-state index is 0.0486. The molecule has 0 aliphatic carbocycles. The van der Waals surface area contributed by atoms with Crippen LogP contribution in [-0.4, -0.2) is 62.0 Å². The normalized spacial score (nSPS) is 21.6. The summed E-state index contributed by atoms with van der Waals surface area (Å²) in [5.74, 6) is -0.108. The Bertz CT molecular complexity index is 286. The van der Waals surface area contributed by atoms with Crippen molar-refractivity contribution in [3.8, 4) is 0 Å². The maximum atomic E-state index is 11.8. The van der Waals surface area contributed by atoms with Crippen LogP contribution in [0.15, 0.2) is 0 Å². The van der Waals surface area contributed by atoms with Gasteiger partial charge < -0.3 is 15.5 Å². The van der Waals surface area contributed by atoms with Crippen LogP contribution in [-0.2, 0) is 9.59 Å². The molecule has 0 bridgehead atoms. The number of rotatable bonds is 6. The molecular formula is C12H24N4O2. The Morgan fingerprint density at radius 3 is 2.89 bits per heavy atom. The van der Waals surface area contributed by atoms with Gasteiger partial charge in [0.1, 0.15) is 6.04 Å². The molecule has 1 rings (SSSR count). The fourth-order valence-corrected chi connectivity index (χ4v) is 1.76. The zero-order valence-electron chi connectivity index (χ0n) is 11.5. The molecule has 2 atom stereocenters. The van der Waals surface area contributed by atoms with Gasteiger partial charge in [0.25, 0.3) is 0 Å². The molecule has 0 spiro atoms. The largest absolute Gasteiger partial charge is 0.353 e. The molecule has 6 heteroatoms. The smallest absolute Gasteiger partial charge is 0.239 e. The monoisotopic (exact) mass is 256 g/mol. The van der Waals surface area contributed by atoms with Crippen molar-refractivity contribution in [2.24, 2.45) is 0 Å². The van der Waals surface area contributed by atoms with Gasteiger partial charge in [0.2, 0.25) is 11.8 Å². The van der Waals surface area contributed by atoms with Crippen LogP contribution in [0.25, 0.3) is 0 Å². The number of amides is 2. The molecule has 1 heterocycles. The van der Waals surface area contributed by atoms with E-state index in [0.29, 0.717) is 19.1 Å². The molecule has 0 aromatic rings. The molecule has 1 aliphatic rings. The van der Waals surface area contributed by atoms with Crippen molar-refractivity contribution >= 4 is 11.8 Å². The summed E-state index contributed by atoms with van der Waals surface area (Å²) in [6, 6.07) is 0.214. The third-order valence-electron chi connectivity index (χ3n) is 3.44. The van der Waals surface area contributed by atoms with Crippen molar-refractivity contribution in [2.75, 3.05) is 33.2 Å². The average Bonchev–Trinajstić information content (AvgIpc) is 2.38. The molecule has 0 radical (unpaired) electrons. The lowest BCUT2D eigenvalue weighted by molar-refractivity contribution is -0.126. The summed E-state index contributed by atoms with van der Waals surface area (Å²) in [6.07, 6.45) is 1.10. The quantitative estimate of drug-likeness (QED) is 0.565. The lowest BCUT2D eigenvalue weighted by Gasteiger charge is -2.25. The van der Waals surface area contributed by atoms with Gasteiger partial charge in [0.05, 0.1) is 6.54 Å². The lowest BCUT2D eigenvalue weighted by atomic mass is 10.2. The molecule has 18 heavy (non-hydrogen) atoms. The predicted octanol–water partition coefficient (Wildman–Crippen LogP) is -1.08. The van der Waals surface area contributed by atoms with E-state index in [-0.39, 0.29) is 24.4 Å². The molecule has 2 unspecified atom stereocenters. The molecule has 0 saturated carbocycles. The Labute approximate surface area is 108 Å². The van der Waals surface area contributed by atoms with E-state index >= 15 is 0 Å². The highest BCUT2D eigenvalue weighted by molar-refractivity contribution is 5.86. The number of hydrogen-bond acceptors (Lipinski definition) is 4. The zero-order chi connectivity index (χ0) is 13.5. The number of piperazine rings is 1. The van der Waals surface area contributed by atoms with E-state index in [2.05, 4.69) is 41.7 Å². The van der Waals surface area contributed by atoms with E-state index in [0.717, 1.165) is 13.0 Å². The fourth-order valence-electron chi connectivity index (χ4n) is 1.76. The number of carbonyl (C=O) groups excluding carboxylic acids is 2. The van der Waals surface area contributed by atoms with Crippen LogP contribution >= 0.6 is 0 Å². The molecular weight excluding hydrogens is 232 g/mol. The number of likely N-dealkylation sites (N-methyl/N-ethyl adjacent to an activating group) is 1. The lowest BCUT2D eigenvalue weighted by Crippen LogP contribution is -2.58. The van der Waals surface area contributed by atoms with Crippen molar-refractivity contribution in [1.29, 1.82) is 0 Å². The number of nitrogens with zero attached hydrogens (tertiary/aromatic N) is 1. The SMILES string of the molecule is CCC(C)N(C)CCNC(=O)C1CNC(=O)CN1. The molecule has 0 aromatic heterocycles. The van der Waals surface area contributed by atoms with Gasteiger partial charge in [0.15, 0.2) is 0 Å². The van der Waals surface area contributed by atoms with Gasteiger partial charge in [-0.05, 0) is 20.4 Å². The summed E-state index contributed by atoms with van der Waals surface area (Å²) in [5, 5.41) is 8.45. The third-order valence-corrected chi connectivity index (χ3v) is 3.44. The maximum absolute atomic E-state index is 11.8. The first-order valence-electron chi connectivity index (χ1n) is 6.52. The second-order valence-corrected chi connectivity index (χ2v) is 4.77. The van der Waals surface area contributed by atoms with Crippen molar-refractivity contribution < 1.29 is 9.59 Å². The standard InChI is InChI=1S/C12H24N4O2/c1-4-9(2)16(3)6-5-13-12(18)10-7-15-11(17)8-14-10/h9-10,14H,4-8H2,1-3H3,(H,13,18)(H,15,17). The first-order valence-corrected chi connectivity index (χ1v) is 6.52. The molecule has 104 valence electrons. The van der Waals surface area contributed by atoms with E-state index < -0.39 is 0 Å². The van der Waals surface area contributed by atoms with Crippen molar-refractivity contribution in [3.63, 3.8) is 0 Å². The van der Waals surface area contributed by atoms with E-state index in [9.17, 15) is 9.59 Å². The summed E-state index contributed by atoms with van der Waals surface area (Å²) in [6.45, 7) is 6.36. The van der Waals surface area contributed by atoms with Crippen LogP contribution in [0.4, 0.5) is 0 Å². The van der Waals surface area contributed by atoms with Gasteiger partial charge in [0, 0.05) is 25.7 Å². The van der Waals surface area contributed by atoms with E-state index in [1.165, 1.54) is 0 Å². The highest BCUT2D eigenvalue weighted by Gasteiger charge is 2.23. The van der Waals surface area contributed by atoms with Crippen LogP contribution in [0.3, 0.4) is 0 Å². The van der Waals surface area contributed by atoms with Gasteiger partial charge in [-0.2, -0.15) is 0 Å². The summed E-state index contributed by atoms with van der Waals surface area (Å²) < 4.78 is 0. The van der Waals surface area contributed by atoms with Crippen LogP contribution in [0.5, 0.6) is 0 Å². The minimum atomic E-state index is -0.309. The van der Waals surface area contributed by atoms with E-state index in [1.54, 1.807) is 0 Å². The second-order valence-electron chi connectivity index (χ2n) is 4.77. The summed E-state index contributed by atoms with van der Waals surface area (Å²) in [4.78, 5) is 24.9. The fraction of sp³-hybridized carbons (Fsp3) is 0.833. The Hall–Kier alpha value is -1.14. The first kappa shape index (κ1) is 14.9. The van der Waals surface area contributed by atoms with Crippen LogP contribution in [0.2, 0.25) is 0 Å². The zero-order valence-corrected chi connectivity index (χ0v) is 11.5. The van der Waals surface area contributed by atoms with Crippen LogP contribution < -0.4 is 16.0 Å². The molecule has 1 fully saturated rings. The van der Waals surface area contributed by atoms with Crippen LogP contribution in [0, 0.1) is 0 Å². The van der Waals surface area contributed by atoms with Crippen molar-refractivity contribution in [1.82, 2.24) is 20.9 Å². The summed E-state index contributed by atoms with van der Waals surface area (Å²) in [7, 11) is 2.05. The highest BCUT2D eigenvalue weighted by Crippen LogP contribution is 1.98. The topological polar surface area (TPSA) is 73.5 Å². The van der Waals surface area contributed by atoms with E-state index in [1.807, 2.05) is 0 Å². The second kappa shape index (κ2) is 7.33. The Morgan fingerprint density at radius 1 is 1.61 bits per heavy atom. The Morgan fingerprint density at radius 2 is 2.33 bits per heavy atom. The average molecular weight is 256 g/mol. The molecule has 1 aliphatic heterocycles. The van der Waals surface area contributed by atoms with Crippen molar-refractivity contribution in [2.45, 2.75) is 32.4 Å². The number of carbonyl (C=O) groups is 2. The highest BCUT2D eigenvalue weighted by atomic mass is 16.2. The van der Waals surface area contributed by atoms with Gasteiger partial charge in [-0.3, -0.25) is 14.9 Å². The van der Waals surface area contributed by atoms with E-state index in [4.69, 9.17) is 0 Å². The summed E-state index contributed by atoms with van der Waals surface area (Å²) in [5.41, 5.74) is 0. The third kappa shape index (κ3) is 4.62. The van der Waals surface area contributed by atoms with Crippen LogP contribution in [0.1, 0.15) is 20.3 Å². The maximum Gasteiger partial charge on any atom is 0.239 e. The first-order chi connectivity index (χ1) is 8.54. The molecule has 6 nitrogen and oxygen atoms in total. The van der Waals surface area contributed by atoms with Gasteiger partial charge in [-0.25, -0.2) is 0 Å². The minimum Gasteiger partial charge on any atom is -0.353 e. The number of nitrogens with one attached hydrogen (secondary N) is 3. The molecule has 1 saturated heterocycles. The predicted molar refractivity (Wildman–Crippen MR) is 70.2 cm³/mol. The van der Waals surface area contributed by atoms with Gasteiger partial charge in [-0.1, -0.05) is 6.92 Å². The molecule has 2 amide bonds. The number of hydrogen-bond donors (Lipinski definition) is 3. The Balaban J connectivity index is 2.19.